The Labute approximate surface area is 160 Å². The molecular formula is C18H17Cl2N3OS. The molecule has 0 unspecified atom stereocenters. The van der Waals surface area contributed by atoms with Crippen LogP contribution >= 0.6 is 35.0 Å². The van der Waals surface area contributed by atoms with Crippen LogP contribution in [0.25, 0.3) is 11.4 Å². The van der Waals surface area contributed by atoms with Gasteiger partial charge in [0.1, 0.15) is 5.75 Å². The zero-order valence-corrected chi connectivity index (χ0v) is 16.0. The fraction of sp³-hybridized carbons (Fsp3) is 0.222. The van der Waals surface area contributed by atoms with Crippen molar-refractivity contribution in [2.75, 3.05) is 12.4 Å². The molecule has 7 heteroatoms. The average molecular weight is 394 g/mol. The molecule has 25 heavy (non-hydrogen) atoms. The van der Waals surface area contributed by atoms with Crippen LogP contribution in [0.15, 0.2) is 47.6 Å². The fourth-order valence-corrected chi connectivity index (χ4v) is 3.29. The van der Waals surface area contributed by atoms with Crippen LogP contribution in [-0.4, -0.2) is 27.5 Å². The predicted molar refractivity (Wildman–Crippen MR) is 104 cm³/mol. The Morgan fingerprint density at radius 1 is 1.12 bits per heavy atom. The Morgan fingerprint density at radius 2 is 1.92 bits per heavy atom. The standard InChI is InChI=1S/C18H17Cl2N3OS/c1-2-12-3-5-13(6-4-12)17-21-18(23-22-17)25-10-9-24-16-8-7-14(19)11-15(16)20/h3-8,11H,2,9-10H2,1H3,(H,21,22,23). The van der Waals surface area contributed by atoms with Gasteiger partial charge < -0.3 is 4.74 Å². The van der Waals surface area contributed by atoms with E-state index in [9.17, 15) is 0 Å². The minimum absolute atomic E-state index is 0.501. The number of halogens is 2. The van der Waals surface area contributed by atoms with Crippen molar-refractivity contribution in [1.29, 1.82) is 0 Å². The number of nitrogens with zero attached hydrogens (tertiary/aromatic N) is 2. The van der Waals surface area contributed by atoms with E-state index in [1.54, 1.807) is 18.2 Å². The van der Waals surface area contributed by atoms with Gasteiger partial charge in [0.05, 0.1) is 11.6 Å². The monoisotopic (exact) mass is 393 g/mol. The lowest BCUT2D eigenvalue weighted by Gasteiger charge is -2.07. The molecule has 0 amide bonds. The number of H-pyrrole nitrogens is 1. The molecule has 0 aliphatic rings. The minimum Gasteiger partial charge on any atom is -0.491 e. The maximum atomic E-state index is 6.07. The summed E-state index contributed by atoms with van der Waals surface area (Å²) in [6, 6.07) is 13.5. The molecule has 0 spiro atoms. The molecule has 1 heterocycles. The topological polar surface area (TPSA) is 50.8 Å². The van der Waals surface area contributed by atoms with E-state index in [2.05, 4.69) is 46.4 Å². The molecular weight excluding hydrogens is 377 g/mol. The second-order valence-electron chi connectivity index (χ2n) is 5.29. The lowest BCUT2D eigenvalue weighted by molar-refractivity contribution is 0.344. The number of aromatic amines is 1. The largest absolute Gasteiger partial charge is 0.491 e. The van der Waals surface area contributed by atoms with E-state index in [4.69, 9.17) is 27.9 Å². The molecule has 0 fully saturated rings. The number of aromatic nitrogens is 3. The summed E-state index contributed by atoms with van der Waals surface area (Å²) in [5.41, 5.74) is 2.33. The third kappa shape index (κ3) is 4.91. The van der Waals surface area contributed by atoms with Gasteiger partial charge in [0.15, 0.2) is 5.82 Å². The predicted octanol–water partition coefficient (Wildman–Crippen LogP) is 5.51. The highest BCUT2D eigenvalue weighted by molar-refractivity contribution is 7.99. The van der Waals surface area contributed by atoms with Crippen molar-refractivity contribution in [3.63, 3.8) is 0 Å². The lowest BCUT2D eigenvalue weighted by Crippen LogP contribution is -2.00. The summed E-state index contributed by atoms with van der Waals surface area (Å²) in [6.07, 6.45) is 1.02. The second kappa shape index (κ2) is 8.61. The molecule has 1 N–H and O–H groups in total. The SMILES string of the molecule is CCc1ccc(-c2nc(SCCOc3ccc(Cl)cc3Cl)n[nH]2)cc1. The number of hydrogen-bond donors (Lipinski definition) is 1. The Balaban J connectivity index is 1.51. The van der Waals surface area contributed by atoms with Crippen LogP contribution in [0.1, 0.15) is 12.5 Å². The van der Waals surface area contributed by atoms with Crippen LogP contribution in [0, 0.1) is 0 Å². The Kier molecular flexibility index (Phi) is 6.24. The first kappa shape index (κ1) is 18.1. The van der Waals surface area contributed by atoms with Gasteiger partial charge in [-0.1, -0.05) is 66.2 Å². The maximum Gasteiger partial charge on any atom is 0.208 e. The van der Waals surface area contributed by atoms with Crippen molar-refractivity contribution in [1.82, 2.24) is 15.2 Å². The van der Waals surface area contributed by atoms with Gasteiger partial charge in [0.25, 0.3) is 0 Å². The van der Waals surface area contributed by atoms with Gasteiger partial charge in [-0.25, -0.2) is 4.98 Å². The number of thioether (sulfide) groups is 1. The molecule has 4 nitrogen and oxygen atoms in total. The molecule has 1 aromatic heterocycles. The van der Waals surface area contributed by atoms with E-state index in [1.807, 2.05) is 0 Å². The maximum absolute atomic E-state index is 6.07. The van der Waals surface area contributed by atoms with Crippen LogP contribution in [0.5, 0.6) is 5.75 Å². The summed E-state index contributed by atoms with van der Waals surface area (Å²) in [6.45, 7) is 2.64. The summed E-state index contributed by atoms with van der Waals surface area (Å²) in [5, 5.41) is 9.00. The Morgan fingerprint density at radius 3 is 2.64 bits per heavy atom. The van der Waals surface area contributed by atoms with E-state index < -0.39 is 0 Å². The summed E-state index contributed by atoms with van der Waals surface area (Å²) in [4.78, 5) is 4.51. The third-order valence-electron chi connectivity index (χ3n) is 3.57. The van der Waals surface area contributed by atoms with Crippen molar-refractivity contribution < 1.29 is 4.74 Å². The first-order valence-electron chi connectivity index (χ1n) is 7.88. The van der Waals surface area contributed by atoms with Gasteiger partial charge in [0.2, 0.25) is 5.16 Å². The summed E-state index contributed by atoms with van der Waals surface area (Å²) >= 11 is 13.5. The van der Waals surface area contributed by atoms with Gasteiger partial charge >= 0.3 is 0 Å². The number of nitrogens with one attached hydrogen (secondary N) is 1. The first-order valence-corrected chi connectivity index (χ1v) is 9.62. The number of rotatable bonds is 7. The number of hydrogen-bond acceptors (Lipinski definition) is 4. The number of aryl methyl sites for hydroxylation is 1. The molecule has 0 aliphatic heterocycles. The smallest absolute Gasteiger partial charge is 0.208 e. The molecule has 130 valence electrons. The van der Waals surface area contributed by atoms with Crippen LogP contribution in [0.3, 0.4) is 0 Å². The average Bonchev–Trinajstić information content (AvgIpc) is 3.09. The zero-order valence-electron chi connectivity index (χ0n) is 13.6. The first-order chi connectivity index (χ1) is 12.2. The van der Waals surface area contributed by atoms with Crippen LogP contribution < -0.4 is 4.74 Å². The van der Waals surface area contributed by atoms with Crippen LogP contribution in [0.2, 0.25) is 10.0 Å². The lowest BCUT2D eigenvalue weighted by atomic mass is 10.1. The molecule has 0 aliphatic carbocycles. The van der Waals surface area contributed by atoms with E-state index in [1.165, 1.54) is 17.3 Å². The Hall–Kier alpha value is -1.69. The molecule has 0 saturated heterocycles. The zero-order chi connectivity index (χ0) is 17.6. The van der Waals surface area contributed by atoms with Gasteiger partial charge in [-0.05, 0) is 30.2 Å². The molecule has 0 radical (unpaired) electrons. The van der Waals surface area contributed by atoms with Gasteiger partial charge in [-0.3, -0.25) is 5.10 Å². The summed E-state index contributed by atoms with van der Waals surface area (Å²) in [7, 11) is 0. The van der Waals surface area contributed by atoms with E-state index in [0.29, 0.717) is 33.3 Å². The van der Waals surface area contributed by atoms with Crippen molar-refractivity contribution in [3.05, 3.63) is 58.1 Å². The highest BCUT2D eigenvalue weighted by atomic mass is 35.5. The summed E-state index contributed by atoms with van der Waals surface area (Å²) < 4.78 is 5.65. The van der Waals surface area contributed by atoms with Gasteiger partial charge in [0, 0.05) is 16.3 Å². The molecule has 3 aromatic rings. The number of benzene rings is 2. The highest BCUT2D eigenvalue weighted by Gasteiger charge is 2.07. The van der Waals surface area contributed by atoms with Crippen molar-refractivity contribution in [3.8, 4) is 17.1 Å². The Bertz CT molecular complexity index is 837. The molecule has 0 bridgehead atoms. The minimum atomic E-state index is 0.501. The van der Waals surface area contributed by atoms with E-state index >= 15 is 0 Å². The van der Waals surface area contributed by atoms with E-state index in [0.717, 1.165) is 17.8 Å². The molecule has 0 saturated carbocycles. The van der Waals surface area contributed by atoms with Crippen LogP contribution in [-0.2, 0) is 6.42 Å². The normalized spacial score (nSPS) is 10.8. The highest BCUT2D eigenvalue weighted by Crippen LogP contribution is 2.28. The van der Waals surface area contributed by atoms with Crippen LogP contribution in [0.4, 0.5) is 0 Å². The quantitative estimate of drug-likeness (QED) is 0.424. The molecule has 0 atom stereocenters. The second-order valence-corrected chi connectivity index (χ2v) is 7.19. The third-order valence-corrected chi connectivity index (χ3v) is 4.91. The van der Waals surface area contributed by atoms with Gasteiger partial charge in [-0.2, -0.15) is 0 Å². The molecule has 3 rings (SSSR count). The fourth-order valence-electron chi connectivity index (χ4n) is 2.22. The van der Waals surface area contributed by atoms with Gasteiger partial charge in [-0.15, -0.1) is 5.10 Å². The summed E-state index contributed by atoms with van der Waals surface area (Å²) in [5.74, 6) is 2.11. The van der Waals surface area contributed by atoms with Crippen molar-refractivity contribution >= 4 is 35.0 Å². The number of ether oxygens (including phenoxy) is 1. The van der Waals surface area contributed by atoms with Crippen molar-refractivity contribution in [2.24, 2.45) is 0 Å². The van der Waals surface area contributed by atoms with Crippen molar-refractivity contribution in [2.45, 2.75) is 18.5 Å². The molecule has 2 aromatic carbocycles. The van der Waals surface area contributed by atoms with E-state index in [-0.39, 0.29) is 0 Å².